The van der Waals surface area contributed by atoms with E-state index in [-0.39, 0.29) is 33.8 Å². The third-order valence-electron chi connectivity index (χ3n) is 3.15. The molecule has 0 fully saturated rings. The van der Waals surface area contributed by atoms with E-state index in [2.05, 4.69) is 10.1 Å². The number of hydrogen-bond donors (Lipinski definition) is 0. The molecule has 0 N–H and O–H groups in total. The number of Topliss-reactive ketones (excluding diaryl/α,β-unsaturated/α-hetero) is 1. The van der Waals surface area contributed by atoms with Crippen molar-refractivity contribution in [3.63, 3.8) is 0 Å². The van der Waals surface area contributed by atoms with Gasteiger partial charge >= 0.3 is 6.18 Å². The highest BCUT2D eigenvalue weighted by atomic mass is 35.5. The fourth-order valence-electron chi connectivity index (χ4n) is 2.09. The summed E-state index contributed by atoms with van der Waals surface area (Å²) >= 11 is 6.84. The Bertz CT molecular complexity index is 1000. The molecule has 0 aliphatic heterocycles. The number of carbonyl (C=O) groups is 1. The van der Waals surface area contributed by atoms with Gasteiger partial charge in [0.05, 0.1) is 12.2 Å². The second kappa shape index (κ2) is 5.71. The van der Waals surface area contributed by atoms with Crippen molar-refractivity contribution in [3.05, 3.63) is 50.1 Å². The smallest absolute Gasteiger partial charge is 0.293 e. The van der Waals surface area contributed by atoms with Crippen molar-refractivity contribution < 1.29 is 18.0 Å². The molecule has 24 heavy (non-hydrogen) atoms. The van der Waals surface area contributed by atoms with Crippen molar-refractivity contribution in [3.8, 4) is 0 Å². The van der Waals surface area contributed by atoms with Crippen LogP contribution < -0.4 is 5.56 Å². The van der Waals surface area contributed by atoms with E-state index in [0.29, 0.717) is 6.07 Å². The summed E-state index contributed by atoms with van der Waals surface area (Å²) in [5.74, 6) is -0.289. The lowest BCUT2D eigenvalue weighted by Crippen LogP contribution is -2.19. The highest BCUT2D eigenvalue weighted by Crippen LogP contribution is 2.30. The minimum absolute atomic E-state index is 0.190. The molecule has 3 heterocycles. The highest BCUT2D eigenvalue weighted by molar-refractivity contribution is 7.15. The maximum absolute atomic E-state index is 12.6. The topological polar surface area (TPSA) is 69.3 Å². The minimum Gasteiger partial charge on any atom is -0.293 e. The second-order valence-electron chi connectivity index (χ2n) is 4.89. The number of nitrogens with zero attached hydrogens (tertiary/aromatic N) is 4. The molecule has 3 aromatic rings. The summed E-state index contributed by atoms with van der Waals surface area (Å²) in [5.41, 5.74) is -1.23. The first-order chi connectivity index (χ1) is 11.2. The number of carbonyl (C=O) groups excluding carboxylic acids is 1. The monoisotopic (exact) mass is 376 g/mol. The first-order valence-corrected chi connectivity index (χ1v) is 7.74. The molecule has 0 bridgehead atoms. The van der Waals surface area contributed by atoms with Crippen molar-refractivity contribution in [2.24, 2.45) is 0 Å². The molecule has 0 spiro atoms. The Balaban J connectivity index is 2.01. The van der Waals surface area contributed by atoms with E-state index in [0.717, 1.165) is 26.5 Å². The van der Waals surface area contributed by atoms with Gasteiger partial charge in [-0.05, 0) is 0 Å². The summed E-state index contributed by atoms with van der Waals surface area (Å²) in [6, 6.07) is 1.84. The van der Waals surface area contributed by atoms with Gasteiger partial charge in [-0.1, -0.05) is 11.6 Å². The van der Waals surface area contributed by atoms with Gasteiger partial charge < -0.3 is 0 Å². The predicted octanol–water partition coefficient (Wildman–Crippen LogP) is 2.88. The van der Waals surface area contributed by atoms with E-state index < -0.39 is 17.4 Å². The quantitative estimate of drug-likeness (QED) is 0.659. The van der Waals surface area contributed by atoms with Crippen molar-refractivity contribution in [1.29, 1.82) is 0 Å². The van der Waals surface area contributed by atoms with Crippen molar-refractivity contribution in [1.82, 2.24) is 19.2 Å². The third-order valence-corrected chi connectivity index (χ3v) is 4.28. The average Bonchev–Trinajstić information content (AvgIpc) is 3.03. The van der Waals surface area contributed by atoms with E-state index in [1.807, 2.05) is 0 Å². The molecule has 0 radical (unpaired) electrons. The number of aromatic nitrogens is 4. The molecule has 126 valence electrons. The minimum atomic E-state index is -4.62. The summed E-state index contributed by atoms with van der Waals surface area (Å²) < 4.78 is 40.0. The summed E-state index contributed by atoms with van der Waals surface area (Å²) in [7, 11) is 0. The van der Waals surface area contributed by atoms with E-state index in [1.165, 1.54) is 12.3 Å². The van der Waals surface area contributed by atoms with E-state index in [9.17, 15) is 22.8 Å². The Labute approximate surface area is 141 Å². The Morgan fingerprint density at radius 1 is 1.38 bits per heavy atom. The van der Waals surface area contributed by atoms with E-state index in [1.54, 1.807) is 0 Å². The van der Waals surface area contributed by atoms with Crippen LogP contribution in [0.3, 0.4) is 0 Å². The van der Waals surface area contributed by atoms with Crippen LogP contribution in [-0.4, -0.2) is 24.9 Å². The molecular formula is C13H8ClF3N4O2S. The SMILES string of the molecule is CC(=O)c1csc2nc(Cn3nc(C(F)(F)F)cc3Cl)cc(=O)n12. The molecule has 0 atom stereocenters. The fraction of sp³-hybridized carbons (Fsp3) is 0.231. The van der Waals surface area contributed by atoms with Crippen LogP contribution in [0.4, 0.5) is 13.2 Å². The van der Waals surface area contributed by atoms with E-state index in [4.69, 9.17) is 11.6 Å². The first kappa shape index (κ1) is 16.7. The summed E-state index contributed by atoms with van der Waals surface area (Å²) in [5, 5.41) is 4.66. The number of rotatable bonds is 3. The van der Waals surface area contributed by atoms with Gasteiger partial charge in [-0.25, -0.2) is 14.1 Å². The maximum Gasteiger partial charge on any atom is 0.435 e. The number of ketones is 1. The van der Waals surface area contributed by atoms with Gasteiger partial charge in [0.25, 0.3) is 5.56 Å². The lowest BCUT2D eigenvalue weighted by atomic mass is 10.3. The van der Waals surface area contributed by atoms with Gasteiger partial charge in [0.2, 0.25) is 0 Å². The zero-order valence-corrected chi connectivity index (χ0v) is 13.5. The van der Waals surface area contributed by atoms with Gasteiger partial charge in [0.15, 0.2) is 16.4 Å². The van der Waals surface area contributed by atoms with Gasteiger partial charge in [-0.15, -0.1) is 11.3 Å². The van der Waals surface area contributed by atoms with Crippen LogP contribution in [0.1, 0.15) is 28.8 Å². The lowest BCUT2D eigenvalue weighted by molar-refractivity contribution is -0.141. The number of alkyl halides is 3. The van der Waals surface area contributed by atoms with Crippen LogP contribution in [-0.2, 0) is 12.7 Å². The predicted molar refractivity (Wildman–Crippen MR) is 80.7 cm³/mol. The molecule has 0 saturated carbocycles. The third kappa shape index (κ3) is 2.94. The zero-order valence-electron chi connectivity index (χ0n) is 12.0. The molecule has 6 nitrogen and oxygen atoms in total. The van der Waals surface area contributed by atoms with Crippen LogP contribution in [0.2, 0.25) is 5.15 Å². The van der Waals surface area contributed by atoms with Gasteiger partial charge in [0, 0.05) is 24.4 Å². The summed E-state index contributed by atoms with van der Waals surface area (Å²) in [6.07, 6.45) is -4.62. The number of halogens is 4. The average molecular weight is 377 g/mol. The molecule has 0 saturated heterocycles. The Morgan fingerprint density at radius 3 is 2.67 bits per heavy atom. The van der Waals surface area contributed by atoms with Crippen molar-refractivity contribution >= 4 is 33.7 Å². The zero-order chi connectivity index (χ0) is 17.6. The van der Waals surface area contributed by atoms with Crippen LogP contribution in [0.5, 0.6) is 0 Å². The van der Waals surface area contributed by atoms with Gasteiger partial charge in [-0.2, -0.15) is 18.3 Å². The van der Waals surface area contributed by atoms with E-state index >= 15 is 0 Å². The van der Waals surface area contributed by atoms with Gasteiger partial charge in [-0.3, -0.25) is 9.59 Å². The Hall–Kier alpha value is -2.20. The molecule has 3 rings (SSSR count). The van der Waals surface area contributed by atoms with Crippen LogP contribution >= 0.6 is 22.9 Å². The highest BCUT2D eigenvalue weighted by Gasteiger charge is 2.34. The van der Waals surface area contributed by atoms with Gasteiger partial charge in [0.1, 0.15) is 10.8 Å². The number of fused-ring (bicyclic) bond motifs is 1. The molecule has 0 aliphatic rings. The summed E-state index contributed by atoms with van der Waals surface area (Å²) in [4.78, 5) is 28.1. The number of hydrogen-bond acceptors (Lipinski definition) is 5. The largest absolute Gasteiger partial charge is 0.435 e. The van der Waals surface area contributed by atoms with Crippen LogP contribution in [0.15, 0.2) is 22.3 Å². The normalized spacial score (nSPS) is 12.0. The fourth-order valence-corrected chi connectivity index (χ4v) is 3.24. The lowest BCUT2D eigenvalue weighted by Gasteiger charge is -2.04. The Kier molecular flexibility index (Phi) is 3.96. The molecule has 0 unspecified atom stereocenters. The second-order valence-corrected chi connectivity index (χ2v) is 6.11. The molecular weight excluding hydrogens is 369 g/mol. The molecule has 3 aromatic heterocycles. The first-order valence-electron chi connectivity index (χ1n) is 6.48. The molecule has 11 heteroatoms. The molecule has 0 aliphatic carbocycles. The van der Waals surface area contributed by atoms with Crippen LogP contribution in [0.25, 0.3) is 4.96 Å². The summed E-state index contributed by atoms with van der Waals surface area (Å²) in [6.45, 7) is 1.12. The molecule has 0 amide bonds. The standard InChI is InChI=1S/C13H8ClF3N4O2S/c1-6(22)8-5-24-12-18-7(2-11(23)21(8)12)4-20-10(14)3-9(19-20)13(15,16)17/h2-3,5H,4H2,1H3. The number of thiazole rings is 1. The Morgan fingerprint density at radius 2 is 2.08 bits per heavy atom. The van der Waals surface area contributed by atoms with Crippen molar-refractivity contribution in [2.75, 3.05) is 0 Å². The van der Waals surface area contributed by atoms with Crippen LogP contribution in [0, 0.1) is 0 Å². The maximum atomic E-state index is 12.6. The van der Waals surface area contributed by atoms with Crippen molar-refractivity contribution in [2.45, 2.75) is 19.6 Å². The molecule has 0 aromatic carbocycles.